The van der Waals surface area contributed by atoms with E-state index in [1.807, 2.05) is 19.1 Å². The summed E-state index contributed by atoms with van der Waals surface area (Å²) in [5.74, 6) is -1.61. The highest BCUT2D eigenvalue weighted by Gasteiger charge is 2.34. The molecule has 0 radical (unpaired) electrons. The minimum absolute atomic E-state index is 0.193. The molecule has 1 aliphatic heterocycles. The standard InChI is InChI=1S/C23H28ClN3O4S/c1-16-10-11-17(2)21(15-16)32(30,31)27-14-6-5-7-18(27)12-13-25-22(28)23(29)26-20-9-4-3-8-19(20)24/h3-4,8-11,15,18H,5-7,12-14H2,1-2H3,(H,25,28)(H,26,29). The van der Waals surface area contributed by atoms with Crippen molar-refractivity contribution in [1.29, 1.82) is 0 Å². The van der Waals surface area contributed by atoms with Crippen molar-refractivity contribution >= 4 is 39.1 Å². The Labute approximate surface area is 194 Å². The first-order valence-corrected chi connectivity index (χ1v) is 12.4. The van der Waals surface area contributed by atoms with E-state index in [-0.39, 0.29) is 12.6 Å². The Balaban J connectivity index is 1.62. The van der Waals surface area contributed by atoms with Crippen LogP contribution in [0.5, 0.6) is 0 Å². The average molecular weight is 478 g/mol. The highest BCUT2D eigenvalue weighted by atomic mass is 35.5. The van der Waals surface area contributed by atoms with Crippen LogP contribution >= 0.6 is 11.6 Å². The number of hydrogen-bond acceptors (Lipinski definition) is 4. The van der Waals surface area contributed by atoms with Crippen LogP contribution in [0.3, 0.4) is 0 Å². The number of aryl methyl sites for hydroxylation is 2. The van der Waals surface area contributed by atoms with Crippen LogP contribution in [0, 0.1) is 13.8 Å². The highest BCUT2D eigenvalue weighted by molar-refractivity contribution is 7.89. The van der Waals surface area contributed by atoms with Crippen LogP contribution in [0.1, 0.15) is 36.8 Å². The van der Waals surface area contributed by atoms with Crippen molar-refractivity contribution in [2.24, 2.45) is 0 Å². The number of carbonyl (C=O) groups excluding carboxylic acids is 2. The van der Waals surface area contributed by atoms with Crippen molar-refractivity contribution < 1.29 is 18.0 Å². The molecule has 9 heteroatoms. The number of para-hydroxylation sites is 1. The zero-order valence-electron chi connectivity index (χ0n) is 18.2. The first-order valence-electron chi connectivity index (χ1n) is 10.6. The molecule has 0 bridgehead atoms. The van der Waals surface area contributed by atoms with Gasteiger partial charge in [0.1, 0.15) is 0 Å². The Kier molecular flexibility index (Phi) is 7.92. The molecule has 3 rings (SSSR count). The molecule has 2 amide bonds. The van der Waals surface area contributed by atoms with Gasteiger partial charge in [0.15, 0.2) is 0 Å². The normalized spacial score (nSPS) is 17.0. The van der Waals surface area contributed by atoms with Gasteiger partial charge in [0.25, 0.3) is 0 Å². The summed E-state index contributed by atoms with van der Waals surface area (Å²) in [7, 11) is -3.65. The van der Waals surface area contributed by atoms with Crippen LogP contribution in [0.25, 0.3) is 0 Å². The van der Waals surface area contributed by atoms with Gasteiger partial charge >= 0.3 is 11.8 Å². The van der Waals surface area contributed by atoms with E-state index in [1.54, 1.807) is 41.6 Å². The second kappa shape index (κ2) is 10.5. The van der Waals surface area contributed by atoms with Gasteiger partial charge in [0.2, 0.25) is 10.0 Å². The van der Waals surface area contributed by atoms with E-state index in [9.17, 15) is 18.0 Å². The molecule has 1 fully saturated rings. The first-order chi connectivity index (χ1) is 15.2. The van der Waals surface area contributed by atoms with E-state index in [0.717, 1.165) is 18.4 Å². The van der Waals surface area contributed by atoms with E-state index < -0.39 is 21.8 Å². The van der Waals surface area contributed by atoms with Crippen LogP contribution in [0.2, 0.25) is 5.02 Å². The predicted octanol–water partition coefficient (Wildman–Crippen LogP) is 3.65. The minimum atomic E-state index is -3.65. The van der Waals surface area contributed by atoms with E-state index in [2.05, 4.69) is 10.6 Å². The number of halogens is 1. The van der Waals surface area contributed by atoms with Crippen LogP contribution in [0.15, 0.2) is 47.4 Å². The number of sulfonamides is 1. The lowest BCUT2D eigenvalue weighted by molar-refractivity contribution is -0.136. The highest BCUT2D eigenvalue weighted by Crippen LogP contribution is 2.29. The second-order valence-electron chi connectivity index (χ2n) is 8.01. The van der Waals surface area contributed by atoms with Crippen molar-refractivity contribution in [3.63, 3.8) is 0 Å². The molecule has 0 saturated carbocycles. The summed E-state index contributed by atoms with van der Waals surface area (Å²) in [5, 5.41) is 5.40. The Hall–Kier alpha value is -2.42. The van der Waals surface area contributed by atoms with E-state index >= 15 is 0 Å². The molecule has 1 heterocycles. The van der Waals surface area contributed by atoms with E-state index in [1.165, 1.54) is 0 Å². The molecule has 1 unspecified atom stereocenters. The Morgan fingerprint density at radius 1 is 1.09 bits per heavy atom. The number of piperidine rings is 1. The van der Waals surface area contributed by atoms with Crippen molar-refractivity contribution in [1.82, 2.24) is 9.62 Å². The van der Waals surface area contributed by atoms with Gasteiger partial charge in [-0.1, -0.05) is 42.3 Å². The molecule has 0 aromatic heterocycles. The molecule has 1 aliphatic rings. The zero-order valence-corrected chi connectivity index (χ0v) is 19.8. The number of nitrogens with zero attached hydrogens (tertiary/aromatic N) is 1. The summed E-state index contributed by atoms with van der Waals surface area (Å²) >= 11 is 6.00. The van der Waals surface area contributed by atoms with Gasteiger partial charge in [-0.2, -0.15) is 4.31 Å². The molecular weight excluding hydrogens is 450 g/mol. The summed E-state index contributed by atoms with van der Waals surface area (Å²) < 4.78 is 28.3. The van der Waals surface area contributed by atoms with Gasteiger partial charge in [-0.25, -0.2) is 8.42 Å². The number of anilines is 1. The Morgan fingerprint density at radius 3 is 2.59 bits per heavy atom. The third-order valence-electron chi connectivity index (χ3n) is 5.59. The topological polar surface area (TPSA) is 95.6 Å². The molecule has 7 nitrogen and oxygen atoms in total. The second-order valence-corrected chi connectivity index (χ2v) is 10.3. The molecule has 1 atom stereocenters. The molecule has 2 aromatic carbocycles. The molecule has 2 aromatic rings. The summed E-state index contributed by atoms with van der Waals surface area (Å²) in [4.78, 5) is 24.6. The Morgan fingerprint density at radius 2 is 1.84 bits per heavy atom. The van der Waals surface area contributed by atoms with E-state index in [0.29, 0.717) is 40.6 Å². The maximum atomic E-state index is 13.4. The quantitative estimate of drug-likeness (QED) is 0.621. The average Bonchev–Trinajstić information content (AvgIpc) is 2.77. The van der Waals surface area contributed by atoms with Crippen molar-refractivity contribution in [3.05, 3.63) is 58.6 Å². The minimum Gasteiger partial charge on any atom is -0.348 e. The monoisotopic (exact) mass is 477 g/mol. The number of rotatable bonds is 6. The molecule has 32 heavy (non-hydrogen) atoms. The van der Waals surface area contributed by atoms with Crippen LogP contribution < -0.4 is 10.6 Å². The number of nitrogens with one attached hydrogen (secondary N) is 2. The first kappa shape index (κ1) is 24.2. The number of carbonyl (C=O) groups is 2. The van der Waals surface area contributed by atoms with Gasteiger partial charge in [-0.3, -0.25) is 9.59 Å². The summed E-state index contributed by atoms with van der Waals surface area (Å²) in [6.45, 7) is 4.30. The fourth-order valence-electron chi connectivity index (χ4n) is 3.86. The van der Waals surface area contributed by atoms with Crippen molar-refractivity contribution in [2.45, 2.75) is 50.5 Å². The van der Waals surface area contributed by atoms with Gasteiger partial charge in [-0.05, 0) is 62.4 Å². The fourth-order valence-corrected chi connectivity index (χ4v) is 6.08. The van der Waals surface area contributed by atoms with Crippen LogP contribution in [-0.4, -0.2) is 43.7 Å². The molecule has 172 valence electrons. The lowest BCUT2D eigenvalue weighted by atomic mass is 10.0. The SMILES string of the molecule is Cc1ccc(C)c(S(=O)(=O)N2CCCCC2CCNC(=O)C(=O)Nc2ccccc2Cl)c1. The third kappa shape index (κ3) is 5.68. The number of amides is 2. The summed E-state index contributed by atoms with van der Waals surface area (Å²) in [6, 6.07) is 11.8. The predicted molar refractivity (Wildman–Crippen MR) is 125 cm³/mol. The Bertz CT molecular complexity index is 1100. The van der Waals surface area contributed by atoms with Crippen molar-refractivity contribution in [2.75, 3.05) is 18.4 Å². The maximum Gasteiger partial charge on any atom is 0.313 e. The molecule has 2 N–H and O–H groups in total. The zero-order chi connectivity index (χ0) is 23.3. The molecule has 0 spiro atoms. The van der Waals surface area contributed by atoms with Gasteiger partial charge in [0, 0.05) is 19.1 Å². The molecular formula is C23H28ClN3O4S. The van der Waals surface area contributed by atoms with Gasteiger partial charge in [-0.15, -0.1) is 0 Å². The van der Waals surface area contributed by atoms with Gasteiger partial charge < -0.3 is 10.6 Å². The van der Waals surface area contributed by atoms with Gasteiger partial charge in [0.05, 0.1) is 15.6 Å². The lowest BCUT2D eigenvalue weighted by Crippen LogP contribution is -2.46. The fraction of sp³-hybridized carbons (Fsp3) is 0.391. The molecule has 0 aliphatic carbocycles. The van der Waals surface area contributed by atoms with Crippen LogP contribution in [-0.2, 0) is 19.6 Å². The number of hydrogen-bond donors (Lipinski definition) is 2. The van der Waals surface area contributed by atoms with Crippen LogP contribution in [0.4, 0.5) is 5.69 Å². The maximum absolute atomic E-state index is 13.4. The summed E-state index contributed by atoms with van der Waals surface area (Å²) in [5.41, 5.74) is 1.95. The number of benzene rings is 2. The van der Waals surface area contributed by atoms with Crippen molar-refractivity contribution in [3.8, 4) is 0 Å². The van der Waals surface area contributed by atoms with E-state index in [4.69, 9.17) is 11.6 Å². The molecule has 1 saturated heterocycles. The lowest BCUT2D eigenvalue weighted by Gasteiger charge is -2.35. The third-order valence-corrected chi connectivity index (χ3v) is 8.02. The smallest absolute Gasteiger partial charge is 0.313 e. The summed E-state index contributed by atoms with van der Waals surface area (Å²) in [6.07, 6.45) is 2.86. The largest absolute Gasteiger partial charge is 0.348 e.